The van der Waals surface area contributed by atoms with Crippen LogP contribution in [0.1, 0.15) is 38.3 Å². The second-order valence-corrected chi connectivity index (χ2v) is 7.95. The zero-order valence-electron chi connectivity index (χ0n) is 16.7. The molecule has 170 valence electrons. The van der Waals surface area contributed by atoms with Crippen molar-refractivity contribution in [2.45, 2.75) is 38.8 Å². The maximum absolute atomic E-state index is 14.4. The third-order valence-corrected chi connectivity index (χ3v) is 5.91. The van der Waals surface area contributed by atoms with Crippen molar-refractivity contribution in [2.24, 2.45) is 0 Å². The first-order chi connectivity index (χ1) is 15.0. The molecule has 2 N–H and O–H groups in total. The topological polar surface area (TPSA) is 86.0 Å². The molecule has 1 aromatic carbocycles. The summed E-state index contributed by atoms with van der Waals surface area (Å²) in [5, 5.41) is 16.7. The molecule has 32 heavy (non-hydrogen) atoms. The zero-order valence-corrected chi connectivity index (χ0v) is 16.7. The molecular formula is C22H26F2N6O2. The van der Waals surface area contributed by atoms with Gasteiger partial charge >= 0.3 is 6.03 Å². The lowest BCUT2D eigenvalue weighted by molar-refractivity contribution is 0.176. The minimum absolute atomic E-state index is 0. The molecule has 5 rings (SSSR count). The molecule has 2 fully saturated rings. The van der Waals surface area contributed by atoms with Gasteiger partial charge in [0.05, 0.1) is 18.3 Å². The van der Waals surface area contributed by atoms with Crippen LogP contribution >= 0.6 is 0 Å². The number of nitrogens with one attached hydrogen (secondary N) is 1. The summed E-state index contributed by atoms with van der Waals surface area (Å²) in [7, 11) is 0. The summed E-state index contributed by atoms with van der Waals surface area (Å²) in [6, 6.07) is 4.64. The number of carbonyl (C=O) groups excluding carboxylic acids is 1. The van der Waals surface area contributed by atoms with E-state index in [0.717, 1.165) is 18.6 Å². The number of rotatable bonds is 3. The summed E-state index contributed by atoms with van der Waals surface area (Å²) in [5.41, 5.74) is 1.21. The number of fused-ring (bicyclic) bond motifs is 1. The van der Waals surface area contributed by atoms with E-state index in [0.29, 0.717) is 55.2 Å². The molecule has 0 radical (unpaired) electrons. The van der Waals surface area contributed by atoms with E-state index in [4.69, 9.17) is 0 Å². The number of aliphatic hydroxyl groups excluding tert-OH is 1. The number of halogens is 2. The number of amides is 2. The lowest BCUT2D eigenvalue weighted by atomic mass is 10.0. The van der Waals surface area contributed by atoms with Gasteiger partial charge in [-0.2, -0.15) is 5.10 Å². The van der Waals surface area contributed by atoms with E-state index in [1.165, 1.54) is 12.3 Å². The van der Waals surface area contributed by atoms with Gasteiger partial charge in [-0.25, -0.2) is 23.1 Å². The highest BCUT2D eigenvalue weighted by atomic mass is 19.1. The van der Waals surface area contributed by atoms with Gasteiger partial charge in [-0.15, -0.1) is 0 Å². The Morgan fingerprint density at radius 2 is 2.03 bits per heavy atom. The Morgan fingerprint density at radius 3 is 2.81 bits per heavy atom. The number of hydrogen-bond acceptors (Lipinski definition) is 5. The van der Waals surface area contributed by atoms with Crippen LogP contribution in [0.5, 0.6) is 0 Å². The smallest absolute Gasteiger partial charge is 0.322 e. The maximum Gasteiger partial charge on any atom is 0.322 e. The normalized spacial score (nSPS) is 20.6. The molecule has 4 heterocycles. The largest absolute Gasteiger partial charge is 0.391 e. The van der Waals surface area contributed by atoms with Crippen LogP contribution < -0.4 is 10.2 Å². The van der Waals surface area contributed by atoms with E-state index in [2.05, 4.69) is 15.4 Å². The number of carbonyl (C=O) groups is 1. The summed E-state index contributed by atoms with van der Waals surface area (Å²) in [5.74, 6) is -0.310. The van der Waals surface area contributed by atoms with Crippen LogP contribution in [-0.2, 0) is 0 Å². The van der Waals surface area contributed by atoms with Crippen LogP contribution in [0.3, 0.4) is 0 Å². The van der Waals surface area contributed by atoms with Crippen molar-refractivity contribution >= 4 is 23.2 Å². The summed E-state index contributed by atoms with van der Waals surface area (Å²) in [6.07, 6.45) is 4.81. The Hall–Kier alpha value is -3.27. The second kappa shape index (κ2) is 8.70. The minimum Gasteiger partial charge on any atom is -0.391 e. The van der Waals surface area contributed by atoms with Crippen LogP contribution in [0.4, 0.5) is 25.1 Å². The molecule has 10 heteroatoms. The van der Waals surface area contributed by atoms with Gasteiger partial charge in [-0.1, -0.05) is 7.43 Å². The summed E-state index contributed by atoms with van der Waals surface area (Å²) >= 11 is 0. The lowest BCUT2D eigenvalue weighted by Crippen LogP contribution is -2.33. The van der Waals surface area contributed by atoms with Crippen LogP contribution in [0.25, 0.3) is 5.65 Å². The van der Waals surface area contributed by atoms with E-state index < -0.39 is 17.7 Å². The lowest BCUT2D eigenvalue weighted by Gasteiger charge is -2.26. The number of aromatic nitrogens is 3. The maximum atomic E-state index is 14.4. The first kappa shape index (κ1) is 21.9. The number of anilines is 2. The Bertz CT molecular complexity index is 1140. The summed E-state index contributed by atoms with van der Waals surface area (Å²) in [6.45, 7) is 1.43. The Morgan fingerprint density at radius 1 is 1.19 bits per heavy atom. The molecule has 0 unspecified atom stereocenters. The Balaban J connectivity index is 0.00000245. The second-order valence-electron chi connectivity index (χ2n) is 7.95. The highest BCUT2D eigenvalue weighted by Gasteiger charge is 2.30. The molecular weight excluding hydrogens is 418 g/mol. The number of benzene rings is 1. The molecule has 2 aliphatic heterocycles. The monoisotopic (exact) mass is 444 g/mol. The molecule has 2 saturated heterocycles. The summed E-state index contributed by atoms with van der Waals surface area (Å²) in [4.78, 5) is 20.7. The highest BCUT2D eigenvalue weighted by Crippen LogP contribution is 2.37. The first-order valence-electron chi connectivity index (χ1n) is 10.3. The van der Waals surface area contributed by atoms with Gasteiger partial charge < -0.3 is 20.2 Å². The van der Waals surface area contributed by atoms with Gasteiger partial charge in [-0.3, -0.25) is 0 Å². The molecule has 0 spiro atoms. The van der Waals surface area contributed by atoms with Gasteiger partial charge in [-0.05, 0) is 43.5 Å². The van der Waals surface area contributed by atoms with Gasteiger partial charge in [0.25, 0.3) is 0 Å². The van der Waals surface area contributed by atoms with Crippen molar-refractivity contribution in [3.63, 3.8) is 0 Å². The molecule has 2 aliphatic rings. The van der Waals surface area contributed by atoms with Gasteiger partial charge in [0, 0.05) is 31.4 Å². The van der Waals surface area contributed by atoms with Crippen LogP contribution in [0.2, 0.25) is 0 Å². The van der Waals surface area contributed by atoms with Gasteiger partial charge in [0.1, 0.15) is 23.1 Å². The van der Waals surface area contributed by atoms with Gasteiger partial charge in [0.2, 0.25) is 0 Å². The molecule has 2 atom stereocenters. The van der Waals surface area contributed by atoms with Crippen molar-refractivity contribution < 1.29 is 18.7 Å². The number of likely N-dealkylation sites (tertiary alicyclic amines) is 1. The van der Waals surface area contributed by atoms with E-state index in [-0.39, 0.29) is 19.5 Å². The minimum atomic E-state index is -0.505. The van der Waals surface area contributed by atoms with Crippen LogP contribution in [0, 0.1) is 11.6 Å². The molecule has 0 aliphatic carbocycles. The van der Waals surface area contributed by atoms with E-state index in [1.807, 2.05) is 4.90 Å². The number of urea groups is 1. The predicted octanol–water partition coefficient (Wildman–Crippen LogP) is 3.58. The SMILES string of the molecule is C.O=C(Nc1cnn2ccc(N3CCC[C@@H]3c3cc(F)ccc3F)nc12)N1CC[C@H](O)C1. The van der Waals surface area contributed by atoms with Crippen molar-refractivity contribution in [3.05, 3.63) is 53.9 Å². The average Bonchev–Trinajstić information content (AvgIpc) is 3.49. The summed E-state index contributed by atoms with van der Waals surface area (Å²) < 4.78 is 29.7. The van der Waals surface area contributed by atoms with Crippen molar-refractivity contribution in [2.75, 3.05) is 29.9 Å². The number of hydrogen-bond donors (Lipinski definition) is 2. The number of nitrogens with zero attached hydrogens (tertiary/aromatic N) is 5. The molecule has 0 bridgehead atoms. The number of aliphatic hydroxyl groups is 1. The fraction of sp³-hybridized carbons (Fsp3) is 0.409. The zero-order chi connectivity index (χ0) is 21.5. The number of β-amino-alcohol motifs (C(OH)–C–C–N with tert-alkyl or cyclic N) is 1. The molecule has 2 aromatic heterocycles. The van der Waals surface area contributed by atoms with E-state index in [9.17, 15) is 18.7 Å². The third kappa shape index (κ3) is 3.97. The van der Waals surface area contributed by atoms with Crippen molar-refractivity contribution in [1.82, 2.24) is 19.5 Å². The Labute approximate surface area is 184 Å². The fourth-order valence-corrected chi connectivity index (χ4v) is 4.36. The van der Waals surface area contributed by atoms with Gasteiger partial charge in [0.15, 0.2) is 5.65 Å². The molecule has 3 aromatic rings. The van der Waals surface area contributed by atoms with E-state index in [1.54, 1.807) is 21.7 Å². The quantitative estimate of drug-likeness (QED) is 0.645. The Kier molecular flexibility index (Phi) is 5.96. The first-order valence-corrected chi connectivity index (χ1v) is 10.3. The standard InChI is InChI=1S/C21H22F2N6O2.CH4/c22-13-3-4-16(23)15(10-13)18-2-1-7-28(18)19-6-9-29-20(26-19)17(11-24-29)25-21(31)27-8-5-14(30)12-27;/h3-4,6,9-11,14,18,30H,1-2,5,7-8,12H2,(H,25,31);1H4/t14-,18+;/m0./s1. The third-order valence-electron chi connectivity index (χ3n) is 5.91. The molecule has 8 nitrogen and oxygen atoms in total. The fourth-order valence-electron chi connectivity index (χ4n) is 4.36. The highest BCUT2D eigenvalue weighted by molar-refractivity contribution is 5.93. The van der Waals surface area contributed by atoms with Crippen molar-refractivity contribution in [3.8, 4) is 0 Å². The van der Waals surface area contributed by atoms with Crippen LogP contribution in [-0.4, -0.2) is 56.4 Å². The molecule has 0 saturated carbocycles. The average molecular weight is 444 g/mol. The predicted molar refractivity (Wildman–Crippen MR) is 117 cm³/mol. The molecule has 2 amide bonds. The van der Waals surface area contributed by atoms with Crippen LogP contribution in [0.15, 0.2) is 36.7 Å². The van der Waals surface area contributed by atoms with E-state index >= 15 is 0 Å². The van der Waals surface area contributed by atoms with Crippen molar-refractivity contribution in [1.29, 1.82) is 0 Å².